The predicted octanol–water partition coefficient (Wildman–Crippen LogP) is 7.81. The van der Waals surface area contributed by atoms with Gasteiger partial charge in [0.2, 0.25) is 0 Å². The van der Waals surface area contributed by atoms with Gasteiger partial charge in [0.05, 0.1) is 23.8 Å². The van der Waals surface area contributed by atoms with Gasteiger partial charge in [0.1, 0.15) is 5.82 Å². The van der Waals surface area contributed by atoms with Gasteiger partial charge in [-0.05, 0) is 62.0 Å². The fraction of sp³-hybridized carbons (Fsp3) is 0.594. The Morgan fingerprint density at radius 2 is 1.77 bits per heavy atom. The summed E-state index contributed by atoms with van der Waals surface area (Å²) in [5.74, 6) is -0.0965. The van der Waals surface area contributed by atoms with E-state index in [1.54, 1.807) is 6.08 Å². The molecule has 39 heavy (non-hydrogen) atoms. The van der Waals surface area contributed by atoms with Crippen LogP contribution in [0.15, 0.2) is 30.3 Å². The molecule has 2 aromatic rings. The second-order valence-corrected chi connectivity index (χ2v) is 11.6. The molecule has 0 radical (unpaired) electrons. The highest BCUT2D eigenvalue weighted by atomic mass is 35.5. The number of aryl methyl sites for hydroxylation is 1. The van der Waals surface area contributed by atoms with Gasteiger partial charge in [0.15, 0.2) is 5.15 Å². The highest BCUT2D eigenvalue weighted by molar-refractivity contribution is 6.33. The number of unbranched alkanes of at least 4 members (excludes halogenated alkanes) is 1. The van der Waals surface area contributed by atoms with Crippen molar-refractivity contribution < 1.29 is 19.4 Å². The van der Waals surface area contributed by atoms with Crippen LogP contribution in [0.4, 0.5) is 0 Å². The molecule has 2 aliphatic rings. The Kier molecular flexibility index (Phi) is 10.7. The zero-order valence-corrected chi connectivity index (χ0v) is 24.2. The molecule has 1 heterocycles. The molecule has 1 aromatic heterocycles. The molecule has 0 bridgehead atoms. The number of nitrogens with zero attached hydrogens (tertiary/aromatic N) is 2. The van der Waals surface area contributed by atoms with E-state index >= 15 is 0 Å². The second kappa shape index (κ2) is 14.2. The van der Waals surface area contributed by atoms with Gasteiger partial charge in [-0.25, -0.2) is 9.78 Å². The zero-order chi connectivity index (χ0) is 27.8. The number of carboxylic acid groups (broad SMARTS) is 1. The lowest BCUT2D eigenvalue weighted by atomic mass is 9.84. The highest BCUT2D eigenvalue weighted by Gasteiger charge is 2.32. The Bertz CT molecular complexity index is 1140. The smallest absolute Gasteiger partial charge is 0.340 e. The summed E-state index contributed by atoms with van der Waals surface area (Å²) in [5, 5.41) is 10.3. The molecule has 1 N–H and O–H groups in total. The van der Waals surface area contributed by atoms with Crippen LogP contribution in [-0.4, -0.2) is 33.2 Å². The molecule has 0 aliphatic heterocycles. The number of halogens is 1. The first kappa shape index (κ1) is 29.4. The molecule has 7 heteroatoms. The molecular weight excluding hydrogens is 512 g/mol. The Labute approximate surface area is 237 Å². The normalized spacial score (nSPS) is 17.9. The maximum absolute atomic E-state index is 13.3. The number of imidazole rings is 1. The third-order valence-corrected chi connectivity index (χ3v) is 8.78. The number of carboxylic acids is 1. The van der Waals surface area contributed by atoms with Crippen molar-refractivity contribution in [3.63, 3.8) is 0 Å². The Morgan fingerprint density at radius 3 is 2.38 bits per heavy atom. The lowest BCUT2D eigenvalue weighted by Crippen LogP contribution is -2.20. The Morgan fingerprint density at radius 1 is 1.10 bits per heavy atom. The van der Waals surface area contributed by atoms with Crippen molar-refractivity contribution in [3.8, 4) is 0 Å². The Hall–Kier alpha value is -2.60. The summed E-state index contributed by atoms with van der Waals surface area (Å²) in [5.41, 5.74) is 2.90. The number of ether oxygens (including phenoxy) is 1. The summed E-state index contributed by atoms with van der Waals surface area (Å²) in [6.45, 7) is 4.90. The lowest BCUT2D eigenvalue weighted by Gasteiger charge is -2.22. The molecule has 1 atom stereocenters. The standard InChI is InChI=1S/C32H43ClN2O4/c1-3-5-15-27-34-30(33)29(26(4-2)32(38)39-21-23-11-7-6-8-12-23)35(27)20-22-16-18-25(19-17-22)28(31(36)37)24-13-9-10-14-24/h4,16-19,23-24,28H,3,5-15,20-21H2,1-2H3,(H,36,37)/b26-4+. The van der Waals surface area contributed by atoms with Crippen LogP contribution in [0.3, 0.4) is 0 Å². The summed E-state index contributed by atoms with van der Waals surface area (Å²) in [6.07, 6.45) is 14.5. The van der Waals surface area contributed by atoms with Gasteiger partial charge in [-0.2, -0.15) is 0 Å². The molecule has 0 amide bonds. The van der Waals surface area contributed by atoms with Crippen molar-refractivity contribution in [1.82, 2.24) is 9.55 Å². The molecule has 1 aromatic carbocycles. The van der Waals surface area contributed by atoms with E-state index < -0.39 is 11.9 Å². The number of benzene rings is 1. The van der Waals surface area contributed by atoms with Crippen LogP contribution in [0.2, 0.25) is 5.15 Å². The van der Waals surface area contributed by atoms with Crippen molar-refractivity contribution in [3.05, 3.63) is 58.1 Å². The highest BCUT2D eigenvalue weighted by Crippen LogP contribution is 2.38. The number of carbonyl (C=O) groups excluding carboxylic acids is 1. The minimum Gasteiger partial charge on any atom is -0.481 e. The minimum atomic E-state index is -0.746. The van der Waals surface area contributed by atoms with Crippen LogP contribution >= 0.6 is 11.6 Å². The Balaban J connectivity index is 1.57. The third-order valence-electron chi connectivity index (χ3n) is 8.51. The molecule has 4 rings (SSSR count). The number of hydrogen-bond donors (Lipinski definition) is 1. The van der Waals surface area contributed by atoms with Crippen LogP contribution in [0.5, 0.6) is 0 Å². The van der Waals surface area contributed by atoms with Crippen molar-refractivity contribution in [1.29, 1.82) is 0 Å². The number of allylic oxidation sites excluding steroid dienone is 1. The summed E-state index contributed by atoms with van der Waals surface area (Å²) in [6, 6.07) is 7.90. The van der Waals surface area contributed by atoms with Gasteiger partial charge in [-0.3, -0.25) is 4.79 Å². The summed E-state index contributed by atoms with van der Waals surface area (Å²) >= 11 is 6.69. The van der Waals surface area contributed by atoms with Gasteiger partial charge in [-0.15, -0.1) is 0 Å². The summed E-state index contributed by atoms with van der Waals surface area (Å²) < 4.78 is 7.83. The molecule has 2 saturated carbocycles. The van der Waals surface area contributed by atoms with Crippen LogP contribution in [-0.2, 0) is 27.3 Å². The average molecular weight is 555 g/mol. The van der Waals surface area contributed by atoms with Crippen molar-refractivity contribution in [2.75, 3.05) is 6.61 Å². The number of hydrogen-bond acceptors (Lipinski definition) is 4. The van der Waals surface area contributed by atoms with Gasteiger partial charge in [-0.1, -0.05) is 87.4 Å². The second-order valence-electron chi connectivity index (χ2n) is 11.3. The van der Waals surface area contributed by atoms with E-state index in [0.717, 1.165) is 74.7 Å². The van der Waals surface area contributed by atoms with Gasteiger partial charge in [0, 0.05) is 13.0 Å². The average Bonchev–Trinajstić information content (AvgIpc) is 3.57. The maximum atomic E-state index is 13.3. The van der Waals surface area contributed by atoms with Crippen LogP contribution in [0, 0.1) is 11.8 Å². The van der Waals surface area contributed by atoms with Crippen LogP contribution in [0.1, 0.15) is 113 Å². The third kappa shape index (κ3) is 7.33. The van der Waals surface area contributed by atoms with Crippen molar-refractivity contribution in [2.45, 2.75) is 103 Å². The monoisotopic (exact) mass is 554 g/mol. The quantitative estimate of drug-likeness (QED) is 0.214. The topological polar surface area (TPSA) is 81.4 Å². The van der Waals surface area contributed by atoms with Crippen LogP contribution in [0.25, 0.3) is 5.57 Å². The van der Waals surface area contributed by atoms with E-state index in [1.165, 1.54) is 19.3 Å². The number of carbonyl (C=O) groups is 2. The molecule has 0 saturated heterocycles. The summed E-state index contributed by atoms with van der Waals surface area (Å²) in [7, 11) is 0. The maximum Gasteiger partial charge on any atom is 0.340 e. The fourth-order valence-electron chi connectivity index (χ4n) is 6.32. The van der Waals surface area contributed by atoms with Crippen LogP contribution < -0.4 is 0 Å². The van der Waals surface area contributed by atoms with E-state index in [4.69, 9.17) is 16.3 Å². The molecule has 1 unspecified atom stereocenters. The first-order valence-corrected chi connectivity index (χ1v) is 15.2. The molecule has 2 fully saturated rings. The molecule has 212 valence electrons. The molecule has 6 nitrogen and oxygen atoms in total. The van der Waals surface area contributed by atoms with E-state index in [-0.39, 0.29) is 11.9 Å². The van der Waals surface area contributed by atoms with Gasteiger partial charge >= 0.3 is 11.9 Å². The zero-order valence-electron chi connectivity index (χ0n) is 23.5. The number of aromatic nitrogens is 2. The van der Waals surface area contributed by atoms with Gasteiger partial charge < -0.3 is 14.4 Å². The first-order valence-electron chi connectivity index (χ1n) is 14.8. The number of rotatable bonds is 12. The largest absolute Gasteiger partial charge is 0.481 e. The number of aliphatic carboxylic acids is 1. The first-order chi connectivity index (χ1) is 18.9. The SMILES string of the molecule is C/C=C(/C(=O)OCC1CCCCC1)c1c(Cl)nc(CCCC)n1Cc1ccc(C(C(=O)O)C2CCCC2)cc1. The van der Waals surface area contributed by atoms with E-state index in [0.29, 0.717) is 35.5 Å². The van der Waals surface area contributed by atoms with E-state index in [9.17, 15) is 14.7 Å². The molecule has 2 aliphatic carbocycles. The van der Waals surface area contributed by atoms with E-state index in [2.05, 4.69) is 11.9 Å². The fourth-order valence-corrected chi connectivity index (χ4v) is 6.62. The van der Waals surface area contributed by atoms with Gasteiger partial charge in [0.25, 0.3) is 0 Å². The lowest BCUT2D eigenvalue weighted by molar-refractivity contribution is -0.140. The van der Waals surface area contributed by atoms with Crippen molar-refractivity contribution in [2.24, 2.45) is 11.8 Å². The molecular formula is C32H43ClN2O4. The summed E-state index contributed by atoms with van der Waals surface area (Å²) in [4.78, 5) is 30.0. The molecule has 0 spiro atoms. The predicted molar refractivity (Wildman–Crippen MR) is 155 cm³/mol. The number of esters is 1. The minimum absolute atomic E-state index is 0.199. The van der Waals surface area contributed by atoms with Crippen molar-refractivity contribution >= 4 is 29.1 Å². The van der Waals surface area contributed by atoms with E-state index in [1.807, 2.05) is 35.8 Å².